The van der Waals surface area contributed by atoms with Gasteiger partial charge in [-0.25, -0.2) is 0 Å². The van der Waals surface area contributed by atoms with Gasteiger partial charge in [0, 0.05) is 48.9 Å². The van der Waals surface area contributed by atoms with Gasteiger partial charge in [0.1, 0.15) is 5.76 Å². The molecular formula is C25H34N4O2. The molecule has 5 rings (SSSR count). The van der Waals surface area contributed by atoms with Gasteiger partial charge in [-0.15, -0.1) is 0 Å². The van der Waals surface area contributed by atoms with E-state index in [1.54, 1.807) is 6.20 Å². The predicted molar refractivity (Wildman–Crippen MR) is 119 cm³/mol. The third kappa shape index (κ3) is 4.14. The van der Waals surface area contributed by atoms with Crippen molar-refractivity contribution in [2.24, 2.45) is 11.8 Å². The van der Waals surface area contributed by atoms with Crippen LogP contribution in [-0.2, 0) is 11.8 Å². The lowest BCUT2D eigenvalue weighted by molar-refractivity contribution is 0.0919. The van der Waals surface area contributed by atoms with Crippen LogP contribution in [0.15, 0.2) is 28.9 Å². The summed E-state index contributed by atoms with van der Waals surface area (Å²) in [5.74, 6) is 2.58. The molecule has 6 nitrogen and oxygen atoms in total. The van der Waals surface area contributed by atoms with Crippen molar-refractivity contribution in [2.75, 3.05) is 19.6 Å². The van der Waals surface area contributed by atoms with Gasteiger partial charge < -0.3 is 14.7 Å². The van der Waals surface area contributed by atoms with Crippen molar-refractivity contribution < 1.29 is 9.32 Å². The van der Waals surface area contributed by atoms with E-state index in [-0.39, 0.29) is 11.3 Å². The first-order valence-electron chi connectivity index (χ1n) is 12.0. The number of nitrogens with zero attached hydrogens (tertiary/aromatic N) is 3. The van der Waals surface area contributed by atoms with Gasteiger partial charge in [-0.3, -0.25) is 9.78 Å². The number of carbonyl (C=O) groups excluding carboxylic acids is 1. The van der Waals surface area contributed by atoms with Crippen molar-refractivity contribution in [1.82, 2.24) is 20.4 Å². The van der Waals surface area contributed by atoms with Crippen molar-refractivity contribution in [2.45, 2.75) is 70.3 Å². The highest BCUT2D eigenvalue weighted by atomic mass is 16.5. The van der Waals surface area contributed by atoms with Crippen LogP contribution in [0, 0.1) is 18.8 Å². The molecule has 1 aliphatic heterocycles. The van der Waals surface area contributed by atoms with Crippen LogP contribution < -0.4 is 5.32 Å². The van der Waals surface area contributed by atoms with E-state index in [4.69, 9.17) is 4.52 Å². The molecule has 0 bridgehead atoms. The number of aromatic nitrogens is 2. The van der Waals surface area contributed by atoms with E-state index in [2.05, 4.69) is 33.3 Å². The Balaban J connectivity index is 1.05. The Morgan fingerprint density at radius 3 is 2.90 bits per heavy atom. The number of likely N-dealkylation sites (tertiary alicyclic amines) is 1. The molecule has 2 saturated carbocycles. The Labute approximate surface area is 184 Å². The smallest absolute Gasteiger partial charge is 0.253 e. The number of piperidine rings is 1. The molecule has 2 aromatic heterocycles. The van der Waals surface area contributed by atoms with Gasteiger partial charge in [-0.05, 0) is 76.0 Å². The Morgan fingerprint density at radius 2 is 2.16 bits per heavy atom. The van der Waals surface area contributed by atoms with Crippen LogP contribution in [0.2, 0.25) is 0 Å². The molecule has 6 heteroatoms. The predicted octanol–water partition coefficient (Wildman–Crippen LogP) is 3.89. The maximum absolute atomic E-state index is 12.5. The van der Waals surface area contributed by atoms with Crippen LogP contribution in [0.25, 0.3) is 0 Å². The lowest BCUT2D eigenvalue weighted by Gasteiger charge is -2.30. The van der Waals surface area contributed by atoms with E-state index >= 15 is 0 Å². The van der Waals surface area contributed by atoms with E-state index < -0.39 is 0 Å². The molecule has 2 aromatic rings. The minimum Gasteiger partial charge on any atom is -0.361 e. The summed E-state index contributed by atoms with van der Waals surface area (Å²) in [6, 6.07) is 6.17. The minimum atomic E-state index is 0.0229. The topological polar surface area (TPSA) is 71.3 Å². The molecule has 0 aromatic carbocycles. The Kier molecular flexibility index (Phi) is 5.59. The number of fused-ring (bicyclic) bond motifs is 1. The number of nitrogens with one attached hydrogen (secondary N) is 1. The van der Waals surface area contributed by atoms with Crippen molar-refractivity contribution >= 4 is 5.91 Å². The van der Waals surface area contributed by atoms with E-state index in [1.807, 2.05) is 19.1 Å². The van der Waals surface area contributed by atoms with Crippen LogP contribution >= 0.6 is 0 Å². The van der Waals surface area contributed by atoms with Crippen molar-refractivity contribution in [3.63, 3.8) is 0 Å². The summed E-state index contributed by atoms with van der Waals surface area (Å²) in [5.41, 5.74) is 2.97. The molecule has 2 aliphatic carbocycles. The maximum atomic E-state index is 12.5. The van der Waals surface area contributed by atoms with E-state index in [1.165, 1.54) is 44.5 Å². The molecule has 166 valence electrons. The summed E-state index contributed by atoms with van der Waals surface area (Å²) in [4.78, 5) is 19.4. The average molecular weight is 423 g/mol. The third-order valence-corrected chi connectivity index (χ3v) is 7.92. The molecule has 3 fully saturated rings. The first-order valence-corrected chi connectivity index (χ1v) is 12.0. The summed E-state index contributed by atoms with van der Waals surface area (Å²) in [5, 5.41) is 7.62. The Morgan fingerprint density at radius 1 is 1.32 bits per heavy atom. The Hall–Kier alpha value is -2.21. The van der Waals surface area contributed by atoms with E-state index in [0.29, 0.717) is 11.6 Å². The molecule has 1 amide bonds. The molecule has 1 N–H and O–H groups in total. The highest BCUT2D eigenvalue weighted by molar-refractivity contribution is 5.95. The van der Waals surface area contributed by atoms with Crippen molar-refractivity contribution in [3.05, 3.63) is 47.1 Å². The van der Waals surface area contributed by atoms with E-state index in [9.17, 15) is 4.79 Å². The van der Waals surface area contributed by atoms with Gasteiger partial charge in [-0.2, -0.15) is 0 Å². The highest BCUT2D eigenvalue weighted by Crippen LogP contribution is 2.58. The average Bonchev–Trinajstić information content (AvgIpc) is 3.14. The second-order valence-electron chi connectivity index (χ2n) is 9.94. The normalized spacial score (nSPS) is 30.2. The zero-order valence-electron chi connectivity index (χ0n) is 18.8. The fourth-order valence-corrected chi connectivity index (χ4v) is 5.82. The van der Waals surface area contributed by atoms with Crippen molar-refractivity contribution in [3.8, 4) is 0 Å². The summed E-state index contributed by atoms with van der Waals surface area (Å²) < 4.78 is 5.48. The minimum absolute atomic E-state index is 0.0229. The quantitative estimate of drug-likeness (QED) is 0.733. The first kappa shape index (κ1) is 20.7. The number of pyridine rings is 1. The largest absolute Gasteiger partial charge is 0.361 e. The van der Waals surface area contributed by atoms with Gasteiger partial charge in [0.05, 0.1) is 11.3 Å². The second kappa shape index (κ2) is 8.38. The van der Waals surface area contributed by atoms with E-state index in [0.717, 1.165) is 49.1 Å². The summed E-state index contributed by atoms with van der Waals surface area (Å²) in [6.45, 7) is 7.55. The SMILES string of the molecule is CCc1cc([C@]23CC2CN(CCC2CCC(NC(=O)c4cccnc4C)CC2)C3)no1. The van der Waals surface area contributed by atoms with Gasteiger partial charge in [-0.1, -0.05) is 12.1 Å². The van der Waals surface area contributed by atoms with Gasteiger partial charge in [0.15, 0.2) is 0 Å². The molecule has 3 heterocycles. The fourth-order valence-electron chi connectivity index (χ4n) is 5.82. The van der Waals surface area contributed by atoms with Crippen LogP contribution in [-0.4, -0.2) is 46.6 Å². The number of aryl methyl sites for hydroxylation is 2. The monoisotopic (exact) mass is 422 g/mol. The number of carbonyl (C=O) groups is 1. The fraction of sp³-hybridized carbons (Fsp3) is 0.640. The zero-order chi connectivity index (χ0) is 21.4. The summed E-state index contributed by atoms with van der Waals surface area (Å²) in [7, 11) is 0. The lowest BCUT2D eigenvalue weighted by Crippen LogP contribution is -2.38. The molecule has 0 spiro atoms. The molecule has 0 radical (unpaired) electrons. The van der Waals surface area contributed by atoms with Crippen LogP contribution in [0.5, 0.6) is 0 Å². The van der Waals surface area contributed by atoms with Gasteiger partial charge in [0.25, 0.3) is 5.91 Å². The maximum Gasteiger partial charge on any atom is 0.253 e. The molecule has 2 atom stereocenters. The molecule has 31 heavy (non-hydrogen) atoms. The molecule has 1 unspecified atom stereocenters. The van der Waals surface area contributed by atoms with Crippen LogP contribution in [0.1, 0.15) is 73.0 Å². The third-order valence-electron chi connectivity index (χ3n) is 7.92. The molecular weight excluding hydrogens is 388 g/mol. The summed E-state index contributed by atoms with van der Waals surface area (Å²) in [6.07, 6.45) is 9.79. The first-order chi connectivity index (χ1) is 15.1. The molecule has 1 saturated heterocycles. The Bertz CT molecular complexity index is 933. The van der Waals surface area contributed by atoms with Gasteiger partial charge in [0.2, 0.25) is 0 Å². The van der Waals surface area contributed by atoms with Crippen LogP contribution in [0.3, 0.4) is 0 Å². The number of hydrogen-bond donors (Lipinski definition) is 1. The van der Waals surface area contributed by atoms with Crippen LogP contribution in [0.4, 0.5) is 0 Å². The molecule has 3 aliphatic rings. The van der Waals surface area contributed by atoms with Crippen molar-refractivity contribution in [1.29, 1.82) is 0 Å². The zero-order valence-corrected chi connectivity index (χ0v) is 18.8. The second-order valence-corrected chi connectivity index (χ2v) is 9.94. The van der Waals surface area contributed by atoms with Gasteiger partial charge >= 0.3 is 0 Å². The summed E-state index contributed by atoms with van der Waals surface area (Å²) >= 11 is 0. The standard InChI is InChI=1S/C25H34N4O2/c1-3-21-13-23(28-31-21)25-14-19(25)15-29(16-25)12-10-18-6-8-20(9-7-18)27-24(30)22-5-4-11-26-17(22)2/h4-5,11,13,18-20H,3,6-10,12,14-16H2,1-2H3,(H,27,30)/t18?,19?,20?,25-/m0/s1. The lowest BCUT2D eigenvalue weighted by atomic mass is 9.84. The number of amides is 1. The highest BCUT2D eigenvalue weighted by Gasteiger charge is 2.62. The number of rotatable bonds is 7. The number of hydrogen-bond acceptors (Lipinski definition) is 5.